The van der Waals surface area contributed by atoms with E-state index in [4.69, 9.17) is 5.11 Å². The molecule has 1 saturated heterocycles. The Balaban J connectivity index is 2.50. The normalized spacial score (nSPS) is 16.9. The highest BCUT2D eigenvalue weighted by molar-refractivity contribution is 5.83. The first-order chi connectivity index (χ1) is 9.95. The molecule has 0 unspecified atom stereocenters. The van der Waals surface area contributed by atoms with Gasteiger partial charge in [0.25, 0.3) is 0 Å². The van der Waals surface area contributed by atoms with Gasteiger partial charge in [0.15, 0.2) is 0 Å². The predicted molar refractivity (Wildman–Crippen MR) is 74.9 cm³/mol. The number of carbonyl (C=O) groups is 3. The summed E-state index contributed by atoms with van der Waals surface area (Å²) in [5.41, 5.74) is 0. The van der Waals surface area contributed by atoms with Crippen LogP contribution in [0.3, 0.4) is 0 Å². The highest BCUT2D eigenvalue weighted by atomic mass is 16.5. The van der Waals surface area contributed by atoms with Crippen LogP contribution in [0.15, 0.2) is 0 Å². The smallest absolute Gasteiger partial charge is 0.326 e. The highest BCUT2D eigenvalue weighted by Crippen LogP contribution is 2.10. The Labute approximate surface area is 123 Å². The number of urea groups is 1. The molecule has 1 atom stereocenters. The molecule has 0 aromatic heterocycles. The van der Waals surface area contributed by atoms with Crippen molar-refractivity contribution in [3.05, 3.63) is 0 Å². The lowest BCUT2D eigenvalue weighted by Crippen LogP contribution is -2.52. The number of carbonyl (C=O) groups excluding carboxylic acids is 2. The van der Waals surface area contributed by atoms with E-state index in [0.29, 0.717) is 0 Å². The van der Waals surface area contributed by atoms with Crippen LogP contribution in [0.25, 0.3) is 0 Å². The van der Waals surface area contributed by atoms with Crippen molar-refractivity contribution in [3.63, 3.8) is 0 Å². The molecule has 0 radical (unpaired) electrons. The molecule has 0 saturated carbocycles. The molecule has 1 aliphatic rings. The third-order valence-electron chi connectivity index (χ3n) is 3.64. The van der Waals surface area contributed by atoms with Gasteiger partial charge in [-0.3, -0.25) is 4.79 Å². The predicted octanol–water partition coefficient (Wildman–Crippen LogP) is -0.214. The zero-order valence-electron chi connectivity index (χ0n) is 12.4. The Kier molecular flexibility index (Phi) is 6.93. The van der Waals surface area contributed by atoms with Crippen LogP contribution in [0.2, 0.25) is 0 Å². The minimum Gasteiger partial charge on any atom is -0.480 e. The molecule has 120 valence electrons. The van der Waals surface area contributed by atoms with Gasteiger partial charge in [-0.05, 0) is 32.4 Å². The molecule has 1 rings (SSSR count). The number of hydrogen-bond acceptors (Lipinski definition) is 5. The number of nitrogens with one attached hydrogen (secondary N) is 2. The molecule has 21 heavy (non-hydrogen) atoms. The van der Waals surface area contributed by atoms with Gasteiger partial charge in [-0.15, -0.1) is 0 Å². The summed E-state index contributed by atoms with van der Waals surface area (Å²) in [5.74, 6) is -1.66. The van der Waals surface area contributed by atoms with Crippen LogP contribution in [0.5, 0.6) is 0 Å². The molecule has 0 bridgehead atoms. The molecule has 8 nitrogen and oxygen atoms in total. The fourth-order valence-corrected chi connectivity index (χ4v) is 2.23. The summed E-state index contributed by atoms with van der Waals surface area (Å²) >= 11 is 0. The van der Waals surface area contributed by atoms with Crippen molar-refractivity contribution in [2.24, 2.45) is 0 Å². The SMILES string of the molecule is COC(=O)CC[C@H](NC(=O)N(C)C1CCNCC1)C(=O)O. The molecule has 1 heterocycles. The van der Waals surface area contributed by atoms with Crippen LogP contribution in [-0.2, 0) is 14.3 Å². The van der Waals surface area contributed by atoms with E-state index in [2.05, 4.69) is 15.4 Å². The van der Waals surface area contributed by atoms with E-state index in [9.17, 15) is 14.4 Å². The number of ether oxygens (including phenoxy) is 1. The van der Waals surface area contributed by atoms with Crippen LogP contribution in [0.1, 0.15) is 25.7 Å². The zero-order valence-corrected chi connectivity index (χ0v) is 12.4. The van der Waals surface area contributed by atoms with Crippen molar-refractivity contribution in [2.75, 3.05) is 27.2 Å². The van der Waals surface area contributed by atoms with E-state index in [1.165, 1.54) is 12.0 Å². The largest absolute Gasteiger partial charge is 0.480 e. The molecule has 0 aliphatic carbocycles. The fourth-order valence-electron chi connectivity index (χ4n) is 2.23. The first-order valence-electron chi connectivity index (χ1n) is 6.99. The van der Waals surface area contributed by atoms with Gasteiger partial charge < -0.3 is 25.4 Å². The number of piperidine rings is 1. The Morgan fingerprint density at radius 3 is 2.52 bits per heavy atom. The highest BCUT2D eigenvalue weighted by Gasteiger charge is 2.26. The lowest BCUT2D eigenvalue weighted by Gasteiger charge is -2.32. The lowest BCUT2D eigenvalue weighted by molar-refractivity contribution is -0.142. The Morgan fingerprint density at radius 1 is 1.38 bits per heavy atom. The Hall–Kier alpha value is -1.83. The van der Waals surface area contributed by atoms with Crippen molar-refractivity contribution in [3.8, 4) is 0 Å². The molecule has 0 aromatic carbocycles. The van der Waals surface area contributed by atoms with E-state index >= 15 is 0 Å². The summed E-state index contributed by atoms with van der Waals surface area (Å²) in [6.45, 7) is 1.68. The Morgan fingerprint density at radius 2 is 2.00 bits per heavy atom. The van der Waals surface area contributed by atoms with Crippen molar-refractivity contribution >= 4 is 18.0 Å². The number of aliphatic carboxylic acids is 1. The van der Waals surface area contributed by atoms with Crippen molar-refractivity contribution in [1.82, 2.24) is 15.5 Å². The number of hydrogen-bond donors (Lipinski definition) is 3. The first kappa shape index (κ1) is 17.2. The minimum atomic E-state index is -1.16. The first-order valence-corrected chi connectivity index (χ1v) is 6.99. The second kappa shape index (κ2) is 8.46. The number of carboxylic acids is 1. The summed E-state index contributed by atoms with van der Waals surface area (Å²) < 4.78 is 4.47. The van der Waals surface area contributed by atoms with Crippen LogP contribution in [-0.4, -0.2) is 67.3 Å². The van der Waals surface area contributed by atoms with Crippen LogP contribution >= 0.6 is 0 Å². The number of carboxylic acid groups (broad SMARTS) is 1. The number of nitrogens with zero attached hydrogens (tertiary/aromatic N) is 1. The van der Waals surface area contributed by atoms with Crippen LogP contribution in [0.4, 0.5) is 4.79 Å². The third-order valence-corrected chi connectivity index (χ3v) is 3.64. The fraction of sp³-hybridized carbons (Fsp3) is 0.769. The average Bonchev–Trinajstić information content (AvgIpc) is 2.50. The van der Waals surface area contributed by atoms with Crippen LogP contribution < -0.4 is 10.6 Å². The maximum absolute atomic E-state index is 12.1. The molecule has 1 aliphatic heterocycles. The number of amides is 2. The third kappa shape index (κ3) is 5.58. The molecule has 2 amide bonds. The molecular weight excluding hydrogens is 278 g/mol. The van der Waals surface area contributed by atoms with Gasteiger partial charge in [-0.2, -0.15) is 0 Å². The zero-order chi connectivity index (χ0) is 15.8. The molecular formula is C13H23N3O5. The summed E-state index contributed by atoms with van der Waals surface area (Å²) in [5, 5.41) is 14.8. The summed E-state index contributed by atoms with van der Waals surface area (Å²) in [7, 11) is 2.89. The van der Waals surface area contributed by atoms with E-state index in [0.717, 1.165) is 25.9 Å². The topological polar surface area (TPSA) is 108 Å². The van der Waals surface area contributed by atoms with Crippen molar-refractivity contribution in [2.45, 2.75) is 37.8 Å². The molecule has 8 heteroatoms. The summed E-state index contributed by atoms with van der Waals surface area (Å²) in [6.07, 6.45) is 1.63. The maximum Gasteiger partial charge on any atom is 0.326 e. The van der Waals surface area contributed by atoms with Gasteiger partial charge in [0.2, 0.25) is 0 Å². The standard InChI is InChI=1S/C13H23N3O5/c1-16(9-5-7-14-8-6-9)13(20)15-10(12(18)19)3-4-11(17)21-2/h9-10,14H,3-8H2,1-2H3,(H,15,20)(H,18,19)/t10-/m0/s1. The molecule has 0 spiro atoms. The van der Waals surface area contributed by atoms with Gasteiger partial charge in [-0.25, -0.2) is 9.59 Å². The van der Waals surface area contributed by atoms with Gasteiger partial charge in [-0.1, -0.05) is 0 Å². The van der Waals surface area contributed by atoms with E-state index in [1.54, 1.807) is 7.05 Å². The second-order valence-electron chi connectivity index (χ2n) is 5.05. The van der Waals surface area contributed by atoms with E-state index in [-0.39, 0.29) is 18.9 Å². The van der Waals surface area contributed by atoms with Gasteiger partial charge in [0, 0.05) is 19.5 Å². The molecule has 3 N–H and O–H groups in total. The molecule has 0 aromatic rings. The van der Waals surface area contributed by atoms with Gasteiger partial charge in [0.05, 0.1) is 7.11 Å². The van der Waals surface area contributed by atoms with Crippen molar-refractivity contribution in [1.29, 1.82) is 0 Å². The van der Waals surface area contributed by atoms with E-state index < -0.39 is 24.0 Å². The number of methoxy groups -OCH3 is 1. The van der Waals surface area contributed by atoms with Gasteiger partial charge >= 0.3 is 18.0 Å². The Bertz CT molecular complexity index is 382. The lowest BCUT2D eigenvalue weighted by atomic mass is 10.1. The summed E-state index contributed by atoms with van der Waals surface area (Å²) in [4.78, 5) is 35.8. The van der Waals surface area contributed by atoms with Crippen molar-refractivity contribution < 1.29 is 24.2 Å². The van der Waals surface area contributed by atoms with Crippen LogP contribution in [0, 0.1) is 0 Å². The summed E-state index contributed by atoms with van der Waals surface area (Å²) in [6, 6.07) is -1.43. The monoisotopic (exact) mass is 301 g/mol. The van der Waals surface area contributed by atoms with Gasteiger partial charge in [0.1, 0.15) is 6.04 Å². The maximum atomic E-state index is 12.1. The molecule has 1 fully saturated rings. The number of rotatable bonds is 6. The average molecular weight is 301 g/mol. The van der Waals surface area contributed by atoms with E-state index in [1.807, 2.05) is 0 Å². The second-order valence-corrected chi connectivity index (χ2v) is 5.05. The number of esters is 1. The minimum absolute atomic E-state index is 0.00775. The quantitative estimate of drug-likeness (QED) is 0.586.